The summed E-state index contributed by atoms with van der Waals surface area (Å²) >= 11 is 0. The van der Waals surface area contributed by atoms with Gasteiger partial charge in [0.15, 0.2) is 12.1 Å². The molecule has 0 aliphatic carbocycles. The molecule has 15 heteroatoms. The van der Waals surface area contributed by atoms with Crippen LogP contribution >= 0.6 is 0 Å². The van der Waals surface area contributed by atoms with Crippen LogP contribution in [0, 0.1) is 11.6 Å². The summed E-state index contributed by atoms with van der Waals surface area (Å²) in [5.74, 6) is -4.73. The van der Waals surface area contributed by atoms with Gasteiger partial charge in [0.05, 0.1) is 16.7 Å². The Morgan fingerprint density at radius 1 is 1.20 bits per heavy atom. The molecule has 46 heavy (non-hydrogen) atoms. The number of hydrogen-bond donors (Lipinski definition) is 5. The van der Waals surface area contributed by atoms with Crippen LogP contribution in [-0.4, -0.2) is 73.9 Å². The number of aliphatic imine (C=N–C) groups is 1. The van der Waals surface area contributed by atoms with Gasteiger partial charge in [-0.3, -0.25) is 30.0 Å². The van der Waals surface area contributed by atoms with Gasteiger partial charge >= 0.3 is 5.97 Å². The molecule has 3 aromatic rings. The standard InChI is InChI=1S/C31H38F2N6O6S/c1-2-3-16-46(44,45)38-25(30(42)43)18-37-29(41)23-19-39(15-11-20-8-5-4-6-9-20)27-22(28(23)40)17-24(32)21(26(27)33)10-14-36-31-34-12-7-13-35-31/h4-6,8-9,12,17,19,25,31,35-36,38H,2-3,7,10-11,13-16,18H2,1H3,(H,37,41)(H,42,43). The first kappa shape index (κ1) is 34.8. The van der Waals surface area contributed by atoms with Crippen molar-refractivity contribution in [3.05, 3.63) is 81.1 Å². The summed E-state index contributed by atoms with van der Waals surface area (Å²) < 4.78 is 59.4. The topological polar surface area (TPSA) is 171 Å². The molecule has 2 heterocycles. The van der Waals surface area contributed by atoms with Crippen LogP contribution in [0.2, 0.25) is 0 Å². The summed E-state index contributed by atoms with van der Waals surface area (Å²) in [6.07, 6.45) is 4.56. The van der Waals surface area contributed by atoms with E-state index in [1.54, 1.807) is 13.1 Å². The van der Waals surface area contributed by atoms with Gasteiger partial charge in [-0.05, 0) is 37.3 Å². The maximum absolute atomic E-state index is 16.1. The number of fused-ring (bicyclic) bond motifs is 1. The van der Waals surface area contributed by atoms with Gasteiger partial charge < -0.3 is 15.0 Å². The third-order valence-electron chi connectivity index (χ3n) is 7.51. The van der Waals surface area contributed by atoms with Crippen LogP contribution in [0.1, 0.15) is 47.7 Å². The van der Waals surface area contributed by atoms with Crippen molar-refractivity contribution >= 4 is 39.0 Å². The first-order valence-electron chi connectivity index (χ1n) is 15.1. The molecule has 0 fully saturated rings. The molecule has 1 aliphatic heterocycles. The average Bonchev–Trinajstić information content (AvgIpc) is 3.04. The Morgan fingerprint density at radius 3 is 2.63 bits per heavy atom. The van der Waals surface area contributed by atoms with E-state index in [0.29, 0.717) is 19.3 Å². The second kappa shape index (κ2) is 16.0. The van der Waals surface area contributed by atoms with Crippen molar-refractivity contribution in [2.75, 3.05) is 25.4 Å². The van der Waals surface area contributed by atoms with Crippen molar-refractivity contribution < 1.29 is 31.9 Å². The van der Waals surface area contributed by atoms with Crippen molar-refractivity contribution in [1.29, 1.82) is 0 Å². The number of nitrogens with zero attached hydrogens (tertiary/aromatic N) is 2. The van der Waals surface area contributed by atoms with Crippen LogP contribution in [0.4, 0.5) is 8.78 Å². The van der Waals surface area contributed by atoms with E-state index in [4.69, 9.17) is 0 Å². The third kappa shape index (κ3) is 9.02. The molecule has 2 unspecified atom stereocenters. The second-order valence-electron chi connectivity index (χ2n) is 10.9. The average molecular weight is 661 g/mol. The monoisotopic (exact) mass is 660 g/mol. The molecule has 0 spiro atoms. The molecule has 2 aromatic carbocycles. The Hall–Kier alpha value is -4.05. The molecule has 0 saturated heterocycles. The summed E-state index contributed by atoms with van der Waals surface area (Å²) in [6, 6.07) is 8.43. The number of unbranched alkanes of at least 4 members (excludes halogenated alkanes) is 1. The lowest BCUT2D eigenvalue weighted by atomic mass is 10.0. The fraction of sp³-hybridized carbons (Fsp3) is 0.419. The van der Waals surface area contributed by atoms with Gasteiger partial charge in [-0.25, -0.2) is 17.2 Å². The molecule has 1 aliphatic rings. The molecule has 248 valence electrons. The summed E-state index contributed by atoms with van der Waals surface area (Å²) in [4.78, 5) is 42.7. The molecule has 5 N–H and O–H groups in total. The van der Waals surface area contributed by atoms with Gasteiger partial charge in [0, 0.05) is 44.2 Å². The van der Waals surface area contributed by atoms with Gasteiger partial charge in [0.25, 0.3) is 5.91 Å². The van der Waals surface area contributed by atoms with Crippen molar-refractivity contribution in [3.63, 3.8) is 0 Å². The predicted molar refractivity (Wildman–Crippen MR) is 170 cm³/mol. The molecule has 1 amide bonds. The SMILES string of the molecule is CCCCS(=O)(=O)NC(CNC(=O)c1cn(CCc2ccccc2)c2c(F)c(CCNC3N=CCCN3)c(F)cc2c1=O)C(=O)O. The molecule has 12 nitrogen and oxygen atoms in total. The quantitative estimate of drug-likeness (QED) is 0.155. The van der Waals surface area contributed by atoms with E-state index in [2.05, 4.69) is 20.9 Å². The van der Waals surface area contributed by atoms with E-state index in [-0.39, 0.29) is 48.0 Å². The second-order valence-corrected chi connectivity index (χ2v) is 12.8. The van der Waals surface area contributed by atoms with Crippen LogP contribution in [-0.2, 0) is 34.2 Å². The summed E-state index contributed by atoms with van der Waals surface area (Å²) in [5, 5.41) is 17.7. The zero-order valence-electron chi connectivity index (χ0n) is 25.4. The number of rotatable bonds is 16. The number of amides is 1. The van der Waals surface area contributed by atoms with Gasteiger partial charge in [-0.15, -0.1) is 0 Å². The molecule has 4 rings (SSSR count). The van der Waals surface area contributed by atoms with Crippen LogP contribution in [0.25, 0.3) is 10.9 Å². The molecule has 0 radical (unpaired) electrons. The number of carbonyl (C=O) groups is 2. The number of sulfonamides is 1. The number of carbonyl (C=O) groups excluding carboxylic acids is 1. The van der Waals surface area contributed by atoms with Gasteiger partial charge in [0.1, 0.15) is 17.4 Å². The Bertz CT molecular complexity index is 1750. The number of hydrogen-bond acceptors (Lipinski definition) is 8. The number of halogens is 2. The number of carboxylic acids is 1. The largest absolute Gasteiger partial charge is 0.480 e. The molecule has 1 aromatic heterocycles. The lowest BCUT2D eigenvalue weighted by molar-refractivity contribution is -0.138. The first-order valence-corrected chi connectivity index (χ1v) is 16.7. The fourth-order valence-corrected chi connectivity index (χ4v) is 6.45. The molecule has 0 saturated carbocycles. The maximum Gasteiger partial charge on any atom is 0.323 e. The Morgan fingerprint density at radius 2 is 1.96 bits per heavy atom. The number of aromatic nitrogens is 1. The van der Waals surface area contributed by atoms with Crippen molar-refractivity contribution in [3.8, 4) is 0 Å². The Labute approximate surface area is 265 Å². The summed E-state index contributed by atoms with van der Waals surface area (Å²) in [6.45, 7) is 2.14. The predicted octanol–water partition coefficient (Wildman–Crippen LogP) is 1.90. The van der Waals surface area contributed by atoms with Crippen LogP contribution in [0.5, 0.6) is 0 Å². The van der Waals surface area contributed by atoms with E-state index >= 15 is 8.78 Å². The number of nitrogens with one attached hydrogen (secondary N) is 4. The molecular formula is C31H38F2N6O6S. The van der Waals surface area contributed by atoms with E-state index in [1.165, 1.54) is 4.57 Å². The smallest absolute Gasteiger partial charge is 0.323 e. The number of pyridine rings is 1. The molecule has 0 bridgehead atoms. The summed E-state index contributed by atoms with van der Waals surface area (Å²) in [7, 11) is -3.95. The van der Waals surface area contributed by atoms with Crippen molar-refractivity contribution in [2.45, 2.75) is 57.9 Å². The van der Waals surface area contributed by atoms with Gasteiger partial charge in [0.2, 0.25) is 15.5 Å². The zero-order valence-corrected chi connectivity index (χ0v) is 26.2. The van der Waals surface area contributed by atoms with Crippen LogP contribution in [0.3, 0.4) is 0 Å². The lowest BCUT2D eigenvalue weighted by Crippen LogP contribution is -2.49. The van der Waals surface area contributed by atoms with E-state index in [9.17, 15) is 27.9 Å². The highest BCUT2D eigenvalue weighted by molar-refractivity contribution is 7.89. The van der Waals surface area contributed by atoms with Crippen LogP contribution < -0.4 is 26.1 Å². The highest BCUT2D eigenvalue weighted by Gasteiger charge is 2.26. The van der Waals surface area contributed by atoms with Crippen LogP contribution in [0.15, 0.2) is 52.4 Å². The maximum atomic E-state index is 16.1. The highest BCUT2D eigenvalue weighted by atomic mass is 32.2. The number of carboxylic acid groups (broad SMARTS) is 1. The number of benzene rings is 2. The van der Waals surface area contributed by atoms with Crippen molar-refractivity contribution in [2.24, 2.45) is 4.99 Å². The Kier molecular flexibility index (Phi) is 12.1. The van der Waals surface area contributed by atoms with Gasteiger partial charge in [-0.1, -0.05) is 43.7 Å². The minimum absolute atomic E-state index is 0.0405. The minimum Gasteiger partial charge on any atom is -0.480 e. The van der Waals surface area contributed by atoms with Gasteiger partial charge in [-0.2, -0.15) is 4.72 Å². The third-order valence-corrected chi connectivity index (χ3v) is 8.98. The van der Waals surface area contributed by atoms with Crippen molar-refractivity contribution in [1.82, 2.24) is 25.2 Å². The zero-order chi connectivity index (χ0) is 33.3. The summed E-state index contributed by atoms with van der Waals surface area (Å²) in [5.41, 5.74) is -0.943. The number of aryl methyl sites for hydroxylation is 2. The molecular weight excluding hydrogens is 622 g/mol. The molecule has 2 atom stereocenters. The fourth-order valence-electron chi connectivity index (χ4n) is 5.04. The highest BCUT2D eigenvalue weighted by Crippen LogP contribution is 2.24. The lowest BCUT2D eigenvalue weighted by Gasteiger charge is -2.20. The van der Waals surface area contributed by atoms with E-state index < -0.39 is 57.1 Å². The van der Waals surface area contributed by atoms with E-state index in [0.717, 1.165) is 30.8 Å². The normalized spacial score (nSPS) is 15.6. The first-order chi connectivity index (χ1) is 22.0. The Balaban J connectivity index is 1.65. The van der Waals surface area contributed by atoms with E-state index in [1.807, 2.05) is 35.1 Å². The number of aliphatic carboxylic acids is 1. The minimum atomic E-state index is -3.95.